The predicted molar refractivity (Wildman–Crippen MR) is 52.3 cm³/mol. The molecule has 0 unspecified atom stereocenters. The largest absolute Gasteiger partial charge is 0.465 e. The summed E-state index contributed by atoms with van der Waals surface area (Å²) >= 11 is 0. The molecular formula is C11H14O2. The zero-order valence-corrected chi connectivity index (χ0v) is 8.04. The smallest absolute Gasteiger partial charge is 0.130 e. The molecule has 0 radical (unpaired) electrons. The molecule has 2 nitrogen and oxygen atoms in total. The number of rotatable bonds is 4. The minimum Gasteiger partial charge on any atom is -0.465 e. The van der Waals surface area contributed by atoms with Crippen LogP contribution in [0.4, 0.5) is 0 Å². The molecule has 0 fully saturated rings. The maximum absolute atomic E-state index is 10.7. The van der Waals surface area contributed by atoms with E-state index in [0.29, 0.717) is 6.42 Å². The molecule has 0 saturated heterocycles. The molecule has 1 aromatic heterocycles. The molecule has 2 heteroatoms. The van der Waals surface area contributed by atoms with Crippen molar-refractivity contribution in [3.8, 4) is 0 Å². The van der Waals surface area contributed by atoms with Gasteiger partial charge in [-0.25, -0.2) is 0 Å². The van der Waals surface area contributed by atoms with Gasteiger partial charge in [0.15, 0.2) is 0 Å². The van der Waals surface area contributed by atoms with Crippen molar-refractivity contribution in [2.45, 2.75) is 26.7 Å². The fourth-order valence-corrected chi connectivity index (χ4v) is 1.06. The fraction of sp³-hybridized carbons (Fsp3) is 0.364. The van der Waals surface area contributed by atoms with Crippen LogP contribution >= 0.6 is 0 Å². The fourth-order valence-electron chi connectivity index (χ4n) is 1.06. The lowest BCUT2D eigenvalue weighted by Gasteiger charge is -1.96. The molecule has 0 spiro atoms. The summed E-state index contributed by atoms with van der Waals surface area (Å²) < 4.78 is 5.15. The summed E-state index contributed by atoms with van der Waals surface area (Å²) in [6.45, 7) is 3.62. The van der Waals surface area contributed by atoms with E-state index in [1.165, 1.54) is 5.57 Å². The molecule has 0 atom stereocenters. The van der Waals surface area contributed by atoms with E-state index in [1.807, 2.05) is 25.1 Å². The lowest BCUT2D eigenvalue weighted by molar-refractivity contribution is -0.116. The van der Waals surface area contributed by atoms with Gasteiger partial charge in [-0.3, -0.25) is 0 Å². The summed E-state index contributed by atoms with van der Waals surface area (Å²) in [6.07, 6.45) is 5.03. The zero-order valence-electron chi connectivity index (χ0n) is 8.04. The summed E-state index contributed by atoms with van der Waals surface area (Å²) in [5.74, 6) is 1.08. The zero-order chi connectivity index (χ0) is 9.68. The molecule has 0 N–H and O–H groups in total. The quantitative estimate of drug-likeness (QED) is 0.709. The maximum atomic E-state index is 10.7. The highest BCUT2D eigenvalue weighted by Gasteiger charge is 1.96. The Bertz CT molecular complexity index is 294. The van der Waals surface area contributed by atoms with Crippen molar-refractivity contribution in [3.05, 3.63) is 29.7 Å². The standard InChI is InChI=1S/C11H14O2/c1-9(5-6-10(2)12)8-11-4-3-7-13-11/h3-4,7-8H,5-6H2,1-2H3/b9-8+. The van der Waals surface area contributed by atoms with Crippen molar-refractivity contribution in [2.24, 2.45) is 0 Å². The minimum atomic E-state index is 0.229. The van der Waals surface area contributed by atoms with Gasteiger partial charge >= 0.3 is 0 Å². The van der Waals surface area contributed by atoms with Gasteiger partial charge in [-0.05, 0) is 38.5 Å². The highest BCUT2D eigenvalue weighted by atomic mass is 16.3. The van der Waals surface area contributed by atoms with Gasteiger partial charge in [-0.15, -0.1) is 0 Å². The van der Waals surface area contributed by atoms with E-state index in [2.05, 4.69) is 0 Å². The number of hydrogen-bond donors (Lipinski definition) is 0. The van der Waals surface area contributed by atoms with E-state index in [9.17, 15) is 4.79 Å². The van der Waals surface area contributed by atoms with Crippen molar-refractivity contribution < 1.29 is 9.21 Å². The lowest BCUT2D eigenvalue weighted by Crippen LogP contribution is -1.89. The minimum absolute atomic E-state index is 0.229. The molecule has 13 heavy (non-hydrogen) atoms. The third-order valence-corrected chi connectivity index (χ3v) is 1.80. The van der Waals surface area contributed by atoms with Crippen LogP contribution in [-0.2, 0) is 4.79 Å². The van der Waals surface area contributed by atoms with Gasteiger partial charge in [0.05, 0.1) is 6.26 Å². The number of allylic oxidation sites excluding steroid dienone is 1. The second-order valence-electron chi connectivity index (χ2n) is 3.21. The lowest BCUT2D eigenvalue weighted by atomic mass is 10.1. The van der Waals surface area contributed by atoms with Crippen LogP contribution in [-0.4, -0.2) is 5.78 Å². The van der Waals surface area contributed by atoms with Gasteiger partial charge in [0.2, 0.25) is 0 Å². The second kappa shape index (κ2) is 4.65. The molecule has 70 valence electrons. The molecule has 0 aliphatic carbocycles. The van der Waals surface area contributed by atoms with Crippen LogP contribution < -0.4 is 0 Å². The van der Waals surface area contributed by atoms with Gasteiger partial charge in [0, 0.05) is 6.42 Å². The van der Waals surface area contributed by atoms with Crippen LogP contribution in [0.3, 0.4) is 0 Å². The normalized spacial score (nSPS) is 11.7. The first-order chi connectivity index (χ1) is 6.18. The van der Waals surface area contributed by atoms with E-state index in [1.54, 1.807) is 13.2 Å². The Kier molecular flexibility index (Phi) is 3.50. The molecule has 1 rings (SSSR count). The van der Waals surface area contributed by atoms with Crippen LogP contribution in [0.5, 0.6) is 0 Å². The number of carbonyl (C=O) groups is 1. The van der Waals surface area contributed by atoms with Crippen LogP contribution in [0.15, 0.2) is 28.4 Å². The summed E-state index contributed by atoms with van der Waals surface area (Å²) in [4.78, 5) is 10.7. The Labute approximate surface area is 78.3 Å². The number of Topliss-reactive ketones (excluding diaryl/α,β-unsaturated/α-hetero) is 1. The van der Waals surface area contributed by atoms with Gasteiger partial charge in [0.25, 0.3) is 0 Å². The topological polar surface area (TPSA) is 30.2 Å². The molecule has 0 aromatic carbocycles. The van der Waals surface area contributed by atoms with Crippen molar-refractivity contribution in [2.75, 3.05) is 0 Å². The summed E-state index contributed by atoms with van der Waals surface area (Å²) in [5.41, 5.74) is 1.17. The highest BCUT2D eigenvalue weighted by Crippen LogP contribution is 2.11. The van der Waals surface area contributed by atoms with Crippen LogP contribution in [0, 0.1) is 0 Å². The number of ketones is 1. The van der Waals surface area contributed by atoms with Crippen LogP contribution in [0.2, 0.25) is 0 Å². The number of furan rings is 1. The average molecular weight is 178 g/mol. The van der Waals surface area contributed by atoms with Crippen LogP contribution in [0.25, 0.3) is 6.08 Å². The molecule has 0 saturated carbocycles. The monoisotopic (exact) mass is 178 g/mol. The molecule has 0 aliphatic rings. The van der Waals surface area contributed by atoms with E-state index in [4.69, 9.17) is 4.42 Å². The van der Waals surface area contributed by atoms with Crippen molar-refractivity contribution in [1.29, 1.82) is 0 Å². The van der Waals surface area contributed by atoms with Gasteiger partial charge in [0.1, 0.15) is 11.5 Å². The first kappa shape index (κ1) is 9.78. The van der Waals surface area contributed by atoms with Crippen molar-refractivity contribution >= 4 is 11.9 Å². The first-order valence-corrected chi connectivity index (χ1v) is 4.38. The molecule has 1 aromatic rings. The SMILES string of the molecule is CC(=O)CC/C(C)=C/c1ccco1. The third kappa shape index (κ3) is 3.74. The third-order valence-electron chi connectivity index (χ3n) is 1.80. The van der Waals surface area contributed by atoms with E-state index >= 15 is 0 Å². The molecule has 0 amide bonds. The summed E-state index contributed by atoms with van der Waals surface area (Å²) in [5, 5.41) is 0. The maximum Gasteiger partial charge on any atom is 0.130 e. The van der Waals surface area contributed by atoms with E-state index in [0.717, 1.165) is 12.2 Å². The summed E-state index contributed by atoms with van der Waals surface area (Å²) in [7, 11) is 0. The molecule has 0 aliphatic heterocycles. The number of carbonyl (C=O) groups excluding carboxylic acids is 1. The van der Waals surface area contributed by atoms with Gasteiger partial charge in [-0.2, -0.15) is 0 Å². The Hall–Kier alpha value is -1.31. The van der Waals surface area contributed by atoms with Crippen molar-refractivity contribution in [1.82, 2.24) is 0 Å². The first-order valence-electron chi connectivity index (χ1n) is 4.38. The number of hydrogen-bond acceptors (Lipinski definition) is 2. The second-order valence-corrected chi connectivity index (χ2v) is 3.21. The van der Waals surface area contributed by atoms with E-state index in [-0.39, 0.29) is 5.78 Å². The van der Waals surface area contributed by atoms with Crippen LogP contribution in [0.1, 0.15) is 32.4 Å². The van der Waals surface area contributed by atoms with Crippen molar-refractivity contribution in [3.63, 3.8) is 0 Å². The molecule has 1 heterocycles. The molecule has 0 bridgehead atoms. The Morgan fingerprint density at radius 2 is 2.23 bits per heavy atom. The van der Waals surface area contributed by atoms with E-state index < -0.39 is 0 Å². The van der Waals surface area contributed by atoms with Gasteiger partial charge < -0.3 is 9.21 Å². The van der Waals surface area contributed by atoms with Gasteiger partial charge in [-0.1, -0.05) is 5.57 Å². The predicted octanol–water partition coefficient (Wildman–Crippen LogP) is 3.05. The molecular weight excluding hydrogens is 164 g/mol. The highest BCUT2D eigenvalue weighted by molar-refractivity contribution is 5.75. The Balaban J connectivity index is 2.47. The Morgan fingerprint density at radius 1 is 1.46 bits per heavy atom. The average Bonchev–Trinajstić information content (AvgIpc) is 2.53. The summed E-state index contributed by atoms with van der Waals surface area (Å²) in [6, 6.07) is 3.75. The Morgan fingerprint density at radius 3 is 2.77 bits per heavy atom.